The molecular weight excluding hydrogens is 188 g/mol. The van der Waals surface area contributed by atoms with Crippen molar-refractivity contribution in [1.82, 2.24) is 0 Å². The fourth-order valence-electron chi connectivity index (χ4n) is 1.06. The average Bonchev–Trinajstić information content (AvgIpc) is 2.14. The molecule has 2 heteroatoms. The third-order valence-corrected chi connectivity index (χ3v) is 1.62. The molecule has 1 rings (SSSR count). The minimum Gasteiger partial charge on any atom is -0.457 e. The highest BCUT2D eigenvalue weighted by atomic mass is 16.6. The normalized spacial score (nSPS) is 11.7. The Balaban J connectivity index is 2.56. The van der Waals surface area contributed by atoms with Gasteiger partial charge in [0, 0.05) is 6.08 Å². The molecule has 0 radical (unpaired) electrons. The van der Waals surface area contributed by atoms with Crippen molar-refractivity contribution >= 4 is 12.0 Å². The molecule has 0 amide bonds. The SMILES string of the molecule is CC(C)(C)OC(=O)/C=C\c1ccccc1. The predicted molar refractivity (Wildman–Crippen MR) is 61.3 cm³/mol. The highest BCUT2D eigenvalue weighted by Crippen LogP contribution is 2.08. The van der Waals surface area contributed by atoms with E-state index in [1.54, 1.807) is 6.08 Å². The van der Waals surface area contributed by atoms with Crippen molar-refractivity contribution in [1.29, 1.82) is 0 Å². The van der Waals surface area contributed by atoms with Crippen LogP contribution in [0, 0.1) is 0 Å². The van der Waals surface area contributed by atoms with Gasteiger partial charge in [0.2, 0.25) is 0 Å². The van der Waals surface area contributed by atoms with E-state index in [1.165, 1.54) is 6.08 Å². The highest BCUT2D eigenvalue weighted by Gasteiger charge is 2.13. The molecule has 80 valence electrons. The first-order valence-corrected chi connectivity index (χ1v) is 4.93. The molecular formula is C13H16O2. The van der Waals surface area contributed by atoms with Gasteiger partial charge in [0.25, 0.3) is 0 Å². The molecule has 0 aliphatic carbocycles. The van der Waals surface area contributed by atoms with Crippen molar-refractivity contribution < 1.29 is 9.53 Å². The van der Waals surface area contributed by atoms with Crippen LogP contribution in [0.1, 0.15) is 26.3 Å². The van der Waals surface area contributed by atoms with Crippen LogP contribution in [0.3, 0.4) is 0 Å². The van der Waals surface area contributed by atoms with Gasteiger partial charge in [0.1, 0.15) is 5.60 Å². The molecule has 0 atom stereocenters. The van der Waals surface area contributed by atoms with Gasteiger partial charge in [0.05, 0.1) is 0 Å². The average molecular weight is 204 g/mol. The molecule has 0 aliphatic heterocycles. The zero-order chi connectivity index (χ0) is 11.3. The Bertz CT molecular complexity index is 345. The summed E-state index contributed by atoms with van der Waals surface area (Å²) in [6.07, 6.45) is 3.19. The zero-order valence-corrected chi connectivity index (χ0v) is 9.36. The number of hydrogen-bond acceptors (Lipinski definition) is 2. The van der Waals surface area contributed by atoms with Gasteiger partial charge in [-0.05, 0) is 32.4 Å². The van der Waals surface area contributed by atoms with Crippen LogP contribution in [0.2, 0.25) is 0 Å². The van der Waals surface area contributed by atoms with E-state index in [0.717, 1.165) is 5.56 Å². The summed E-state index contributed by atoms with van der Waals surface area (Å²) in [5, 5.41) is 0. The molecule has 0 unspecified atom stereocenters. The number of hydrogen-bond donors (Lipinski definition) is 0. The molecule has 0 saturated heterocycles. The van der Waals surface area contributed by atoms with Crippen molar-refractivity contribution in [3.63, 3.8) is 0 Å². The summed E-state index contributed by atoms with van der Waals surface area (Å²) < 4.78 is 5.13. The Labute approximate surface area is 90.6 Å². The van der Waals surface area contributed by atoms with Crippen LogP contribution in [0.15, 0.2) is 36.4 Å². The maximum Gasteiger partial charge on any atom is 0.331 e. The summed E-state index contributed by atoms with van der Waals surface area (Å²) in [7, 11) is 0. The quantitative estimate of drug-likeness (QED) is 0.546. The van der Waals surface area contributed by atoms with Gasteiger partial charge >= 0.3 is 5.97 Å². The third kappa shape index (κ3) is 5.01. The lowest BCUT2D eigenvalue weighted by molar-refractivity contribution is -0.148. The molecule has 0 bridgehead atoms. The Morgan fingerprint density at radius 3 is 2.33 bits per heavy atom. The van der Waals surface area contributed by atoms with Crippen molar-refractivity contribution in [3.8, 4) is 0 Å². The van der Waals surface area contributed by atoms with Crippen LogP contribution in [0.5, 0.6) is 0 Å². The highest BCUT2D eigenvalue weighted by molar-refractivity contribution is 5.87. The Morgan fingerprint density at radius 2 is 1.80 bits per heavy atom. The zero-order valence-electron chi connectivity index (χ0n) is 9.36. The monoisotopic (exact) mass is 204 g/mol. The lowest BCUT2D eigenvalue weighted by atomic mass is 10.2. The van der Waals surface area contributed by atoms with Crippen LogP contribution in [-0.2, 0) is 9.53 Å². The lowest BCUT2D eigenvalue weighted by Crippen LogP contribution is -2.22. The summed E-state index contributed by atoms with van der Waals surface area (Å²) in [5.74, 6) is -0.314. The summed E-state index contributed by atoms with van der Waals surface area (Å²) in [6, 6.07) is 9.65. The van der Waals surface area contributed by atoms with E-state index in [2.05, 4.69) is 0 Å². The number of rotatable bonds is 2. The number of benzene rings is 1. The minimum absolute atomic E-state index is 0.314. The molecule has 0 saturated carbocycles. The van der Waals surface area contributed by atoms with Gasteiger partial charge in [-0.3, -0.25) is 0 Å². The molecule has 15 heavy (non-hydrogen) atoms. The van der Waals surface area contributed by atoms with Crippen LogP contribution in [-0.4, -0.2) is 11.6 Å². The molecule has 0 N–H and O–H groups in total. The molecule has 0 fully saturated rings. The molecule has 1 aromatic rings. The summed E-state index contributed by atoms with van der Waals surface area (Å²) in [6.45, 7) is 5.55. The van der Waals surface area contributed by atoms with Gasteiger partial charge in [0.15, 0.2) is 0 Å². The van der Waals surface area contributed by atoms with E-state index in [0.29, 0.717) is 0 Å². The second-order valence-corrected chi connectivity index (χ2v) is 4.28. The van der Waals surface area contributed by atoms with Gasteiger partial charge in [-0.1, -0.05) is 30.3 Å². The third-order valence-electron chi connectivity index (χ3n) is 1.62. The predicted octanol–water partition coefficient (Wildman–Crippen LogP) is 3.04. The van der Waals surface area contributed by atoms with E-state index in [1.807, 2.05) is 51.1 Å². The Morgan fingerprint density at radius 1 is 1.20 bits per heavy atom. The summed E-state index contributed by atoms with van der Waals surface area (Å²) in [5.41, 5.74) is 0.557. The number of carbonyl (C=O) groups is 1. The first-order valence-electron chi connectivity index (χ1n) is 4.93. The fraction of sp³-hybridized carbons (Fsp3) is 0.308. The standard InChI is InChI=1S/C13H16O2/c1-13(2,3)15-12(14)10-9-11-7-5-4-6-8-11/h4-10H,1-3H3/b10-9-. The maximum atomic E-state index is 11.3. The largest absolute Gasteiger partial charge is 0.457 e. The first kappa shape index (κ1) is 11.5. The van der Waals surface area contributed by atoms with Crippen LogP contribution >= 0.6 is 0 Å². The van der Waals surface area contributed by atoms with Crippen LogP contribution in [0.25, 0.3) is 6.08 Å². The topological polar surface area (TPSA) is 26.3 Å². The summed E-state index contributed by atoms with van der Waals surface area (Å²) in [4.78, 5) is 11.3. The second kappa shape index (κ2) is 4.78. The van der Waals surface area contributed by atoms with Crippen molar-refractivity contribution in [2.24, 2.45) is 0 Å². The second-order valence-electron chi connectivity index (χ2n) is 4.28. The Hall–Kier alpha value is -1.57. The van der Waals surface area contributed by atoms with Gasteiger partial charge < -0.3 is 4.74 Å². The van der Waals surface area contributed by atoms with E-state index in [9.17, 15) is 4.79 Å². The molecule has 0 aromatic heterocycles. The van der Waals surface area contributed by atoms with E-state index in [-0.39, 0.29) is 5.97 Å². The van der Waals surface area contributed by atoms with E-state index < -0.39 is 5.60 Å². The molecule has 0 aliphatic rings. The maximum absolute atomic E-state index is 11.3. The molecule has 0 spiro atoms. The minimum atomic E-state index is -0.432. The van der Waals surface area contributed by atoms with E-state index in [4.69, 9.17) is 4.74 Å². The van der Waals surface area contributed by atoms with E-state index >= 15 is 0 Å². The number of ether oxygens (including phenoxy) is 1. The van der Waals surface area contributed by atoms with Crippen LogP contribution < -0.4 is 0 Å². The van der Waals surface area contributed by atoms with Gasteiger partial charge in [-0.15, -0.1) is 0 Å². The van der Waals surface area contributed by atoms with Crippen molar-refractivity contribution in [2.75, 3.05) is 0 Å². The Kier molecular flexibility index (Phi) is 3.67. The molecule has 0 heterocycles. The lowest BCUT2D eigenvalue weighted by Gasteiger charge is -2.17. The summed E-state index contributed by atoms with van der Waals surface area (Å²) >= 11 is 0. The first-order chi connectivity index (χ1) is 6.97. The van der Waals surface area contributed by atoms with Gasteiger partial charge in [-0.2, -0.15) is 0 Å². The van der Waals surface area contributed by atoms with Crippen molar-refractivity contribution in [3.05, 3.63) is 42.0 Å². The number of esters is 1. The molecule has 1 aromatic carbocycles. The van der Waals surface area contributed by atoms with Crippen LogP contribution in [0.4, 0.5) is 0 Å². The molecule has 2 nitrogen and oxygen atoms in total. The fourth-order valence-corrected chi connectivity index (χ4v) is 1.06. The van der Waals surface area contributed by atoms with Gasteiger partial charge in [-0.25, -0.2) is 4.79 Å². The van der Waals surface area contributed by atoms with Crippen molar-refractivity contribution in [2.45, 2.75) is 26.4 Å². The number of carbonyl (C=O) groups excluding carboxylic acids is 1. The smallest absolute Gasteiger partial charge is 0.331 e.